The maximum Gasteiger partial charge on any atom is 0.251 e. The highest BCUT2D eigenvalue weighted by Gasteiger charge is 2.30. The Morgan fingerprint density at radius 2 is 1.77 bits per heavy atom. The van der Waals surface area contributed by atoms with E-state index in [1.54, 1.807) is 20.2 Å². The van der Waals surface area contributed by atoms with Crippen LogP contribution in [0.2, 0.25) is 0 Å². The van der Waals surface area contributed by atoms with Crippen LogP contribution >= 0.6 is 0 Å². The monoisotopic (exact) mass is 414 g/mol. The average molecular weight is 415 g/mol. The number of likely N-dealkylation sites (tertiary alicyclic amines) is 1. The van der Waals surface area contributed by atoms with Gasteiger partial charge in [-0.1, -0.05) is 12.1 Å². The van der Waals surface area contributed by atoms with Crippen molar-refractivity contribution >= 4 is 17.8 Å². The SMILES string of the molecule is CN=C(NCc1cccc(C(=O)NC)c1)N1CCN(C(C)C(=O)N2CCCC2)CC1. The molecule has 164 valence electrons. The van der Waals surface area contributed by atoms with Gasteiger partial charge in [0.2, 0.25) is 5.91 Å². The molecule has 1 aromatic carbocycles. The van der Waals surface area contributed by atoms with E-state index in [4.69, 9.17) is 0 Å². The van der Waals surface area contributed by atoms with Crippen molar-refractivity contribution in [3.8, 4) is 0 Å². The number of hydrogen-bond donors (Lipinski definition) is 2. The van der Waals surface area contributed by atoms with Gasteiger partial charge in [-0.15, -0.1) is 0 Å². The molecule has 3 rings (SSSR count). The van der Waals surface area contributed by atoms with Crippen LogP contribution in [-0.2, 0) is 11.3 Å². The number of guanidine groups is 1. The van der Waals surface area contributed by atoms with E-state index in [1.807, 2.05) is 30.0 Å². The summed E-state index contributed by atoms with van der Waals surface area (Å²) in [6, 6.07) is 7.52. The van der Waals surface area contributed by atoms with Crippen molar-refractivity contribution < 1.29 is 9.59 Å². The zero-order valence-electron chi connectivity index (χ0n) is 18.4. The molecule has 1 unspecified atom stereocenters. The number of carbonyl (C=O) groups is 2. The Hall–Kier alpha value is -2.61. The second-order valence-corrected chi connectivity index (χ2v) is 7.91. The molecule has 30 heavy (non-hydrogen) atoms. The highest BCUT2D eigenvalue weighted by Crippen LogP contribution is 2.14. The lowest BCUT2D eigenvalue weighted by Crippen LogP contribution is -2.57. The number of carbonyl (C=O) groups excluding carboxylic acids is 2. The minimum absolute atomic E-state index is 0.0623. The lowest BCUT2D eigenvalue weighted by atomic mass is 10.1. The molecule has 2 heterocycles. The number of hydrogen-bond acceptors (Lipinski definition) is 4. The topological polar surface area (TPSA) is 80.3 Å². The molecule has 1 atom stereocenters. The van der Waals surface area contributed by atoms with Crippen LogP contribution in [0.25, 0.3) is 0 Å². The first-order valence-corrected chi connectivity index (χ1v) is 10.8. The summed E-state index contributed by atoms with van der Waals surface area (Å²) in [6.07, 6.45) is 2.25. The normalized spacial score (nSPS) is 19.0. The summed E-state index contributed by atoms with van der Waals surface area (Å²) in [4.78, 5) is 35.4. The van der Waals surface area contributed by atoms with E-state index < -0.39 is 0 Å². The zero-order chi connectivity index (χ0) is 21.5. The van der Waals surface area contributed by atoms with Gasteiger partial charge in [0, 0.05) is 65.5 Å². The molecule has 2 N–H and O–H groups in total. The highest BCUT2D eigenvalue weighted by molar-refractivity contribution is 5.94. The van der Waals surface area contributed by atoms with E-state index in [-0.39, 0.29) is 17.9 Å². The molecule has 2 fully saturated rings. The van der Waals surface area contributed by atoms with Gasteiger partial charge >= 0.3 is 0 Å². The van der Waals surface area contributed by atoms with Crippen molar-refractivity contribution in [1.29, 1.82) is 0 Å². The first-order chi connectivity index (χ1) is 14.5. The second-order valence-electron chi connectivity index (χ2n) is 7.91. The molecule has 2 saturated heterocycles. The molecule has 0 spiro atoms. The Morgan fingerprint density at radius 1 is 1.07 bits per heavy atom. The van der Waals surface area contributed by atoms with Crippen molar-refractivity contribution in [2.45, 2.75) is 32.4 Å². The number of amides is 2. The Bertz CT molecular complexity index is 767. The molecule has 0 saturated carbocycles. The van der Waals surface area contributed by atoms with Crippen molar-refractivity contribution in [3.63, 3.8) is 0 Å². The van der Waals surface area contributed by atoms with E-state index in [2.05, 4.69) is 25.4 Å². The van der Waals surface area contributed by atoms with Gasteiger partial charge in [0.15, 0.2) is 5.96 Å². The average Bonchev–Trinajstić information content (AvgIpc) is 3.33. The Labute approximate surface area is 179 Å². The number of nitrogens with one attached hydrogen (secondary N) is 2. The van der Waals surface area contributed by atoms with Gasteiger partial charge in [-0.3, -0.25) is 19.5 Å². The van der Waals surface area contributed by atoms with Crippen molar-refractivity contribution in [1.82, 2.24) is 25.3 Å². The molecular weight excluding hydrogens is 380 g/mol. The third-order valence-electron chi connectivity index (χ3n) is 6.02. The van der Waals surface area contributed by atoms with E-state index in [1.165, 1.54) is 0 Å². The molecule has 2 aliphatic heterocycles. The van der Waals surface area contributed by atoms with Crippen LogP contribution in [0.3, 0.4) is 0 Å². The third kappa shape index (κ3) is 5.30. The summed E-state index contributed by atoms with van der Waals surface area (Å²) < 4.78 is 0. The molecular formula is C22H34N6O2. The minimum atomic E-state index is -0.0880. The van der Waals surface area contributed by atoms with Gasteiger partial charge in [0.25, 0.3) is 5.91 Å². The number of aliphatic imine (C=N–C) groups is 1. The molecule has 1 aromatic rings. The Kier molecular flexibility index (Phi) is 7.68. The van der Waals surface area contributed by atoms with Gasteiger partial charge < -0.3 is 20.4 Å². The maximum absolute atomic E-state index is 12.7. The Morgan fingerprint density at radius 3 is 2.40 bits per heavy atom. The molecule has 2 aliphatic rings. The first kappa shape index (κ1) is 22.1. The third-order valence-corrected chi connectivity index (χ3v) is 6.02. The van der Waals surface area contributed by atoms with Crippen molar-refractivity contribution in [2.24, 2.45) is 4.99 Å². The summed E-state index contributed by atoms with van der Waals surface area (Å²) in [5, 5.41) is 6.05. The van der Waals surface area contributed by atoms with Gasteiger partial charge in [0.05, 0.1) is 6.04 Å². The molecule has 2 amide bonds. The molecule has 8 nitrogen and oxygen atoms in total. The lowest BCUT2D eigenvalue weighted by Gasteiger charge is -2.39. The first-order valence-electron chi connectivity index (χ1n) is 10.8. The minimum Gasteiger partial charge on any atom is -0.355 e. The quantitative estimate of drug-likeness (QED) is 0.549. The molecule has 0 aromatic heterocycles. The molecule has 0 aliphatic carbocycles. The maximum atomic E-state index is 12.7. The Balaban J connectivity index is 1.50. The number of nitrogens with zero attached hydrogens (tertiary/aromatic N) is 4. The highest BCUT2D eigenvalue weighted by atomic mass is 16.2. The largest absolute Gasteiger partial charge is 0.355 e. The standard InChI is InChI=1S/C22H34N6O2/c1-17(21(30)27-9-4-5-10-27)26-11-13-28(14-12-26)22(24-3)25-16-18-7-6-8-19(15-18)20(29)23-2/h6-8,15,17H,4-5,9-14,16H2,1-3H3,(H,23,29)(H,24,25). The van der Waals surface area contributed by atoms with E-state index in [0.717, 1.165) is 63.6 Å². The summed E-state index contributed by atoms with van der Waals surface area (Å²) in [7, 11) is 3.42. The molecule has 0 radical (unpaired) electrons. The van der Waals surface area contributed by atoms with Gasteiger partial charge in [-0.05, 0) is 37.5 Å². The summed E-state index contributed by atoms with van der Waals surface area (Å²) in [5.41, 5.74) is 1.68. The van der Waals surface area contributed by atoms with Crippen LogP contribution in [0, 0.1) is 0 Å². The van der Waals surface area contributed by atoms with Crippen molar-refractivity contribution in [3.05, 3.63) is 35.4 Å². The summed E-state index contributed by atoms with van der Waals surface area (Å²) >= 11 is 0. The second kappa shape index (κ2) is 10.4. The number of rotatable bonds is 5. The molecule has 8 heteroatoms. The van der Waals surface area contributed by atoms with E-state index in [0.29, 0.717) is 12.1 Å². The summed E-state index contributed by atoms with van der Waals surface area (Å²) in [6.45, 7) is 7.78. The fourth-order valence-corrected chi connectivity index (χ4v) is 4.16. The van der Waals surface area contributed by atoms with Crippen LogP contribution in [0.15, 0.2) is 29.3 Å². The fourth-order valence-electron chi connectivity index (χ4n) is 4.16. The van der Waals surface area contributed by atoms with Crippen molar-refractivity contribution in [2.75, 3.05) is 53.4 Å². The van der Waals surface area contributed by atoms with Gasteiger partial charge in [0.1, 0.15) is 0 Å². The zero-order valence-corrected chi connectivity index (χ0v) is 18.4. The van der Waals surface area contributed by atoms with Crippen LogP contribution in [0.1, 0.15) is 35.7 Å². The fraction of sp³-hybridized carbons (Fsp3) is 0.591. The smallest absolute Gasteiger partial charge is 0.251 e. The number of piperazine rings is 1. The van der Waals surface area contributed by atoms with Gasteiger partial charge in [-0.2, -0.15) is 0 Å². The van der Waals surface area contributed by atoms with Gasteiger partial charge in [-0.25, -0.2) is 0 Å². The lowest BCUT2D eigenvalue weighted by molar-refractivity contribution is -0.135. The molecule has 0 bridgehead atoms. The van der Waals surface area contributed by atoms with Crippen LogP contribution < -0.4 is 10.6 Å². The van der Waals surface area contributed by atoms with E-state index >= 15 is 0 Å². The number of benzene rings is 1. The van der Waals surface area contributed by atoms with Crippen LogP contribution in [-0.4, -0.2) is 91.9 Å². The van der Waals surface area contributed by atoms with Crippen LogP contribution in [0.4, 0.5) is 0 Å². The van der Waals surface area contributed by atoms with Crippen LogP contribution in [0.5, 0.6) is 0 Å². The predicted octanol–water partition coefficient (Wildman–Crippen LogP) is 0.750. The van der Waals surface area contributed by atoms with E-state index in [9.17, 15) is 9.59 Å². The summed E-state index contributed by atoms with van der Waals surface area (Å²) in [5.74, 6) is 1.02. The predicted molar refractivity (Wildman–Crippen MR) is 118 cm³/mol.